The van der Waals surface area contributed by atoms with Gasteiger partial charge in [-0.25, -0.2) is 5.48 Å². The van der Waals surface area contributed by atoms with Crippen molar-refractivity contribution < 1.29 is 14.7 Å². The number of rotatable bonds is 8. The molecule has 0 aliphatic heterocycles. The van der Waals surface area contributed by atoms with Crippen LogP contribution in [0.2, 0.25) is 0 Å². The molecule has 5 heteroatoms. The summed E-state index contributed by atoms with van der Waals surface area (Å²) in [6, 6.07) is 16.8. The van der Waals surface area contributed by atoms with E-state index in [9.17, 15) is 4.79 Å². The van der Waals surface area contributed by atoms with Crippen LogP contribution in [-0.4, -0.2) is 43.3 Å². The fourth-order valence-corrected chi connectivity index (χ4v) is 2.88. The Kier molecular flexibility index (Phi) is 6.98. The first-order valence-electron chi connectivity index (χ1n) is 8.37. The fraction of sp³-hybridized carbons (Fsp3) is 0.350. The summed E-state index contributed by atoms with van der Waals surface area (Å²) >= 11 is 0. The number of amides is 1. The van der Waals surface area contributed by atoms with Gasteiger partial charge < -0.3 is 9.64 Å². The molecule has 2 atom stereocenters. The van der Waals surface area contributed by atoms with Gasteiger partial charge in [0.2, 0.25) is 0 Å². The summed E-state index contributed by atoms with van der Waals surface area (Å²) in [5.41, 5.74) is 3.38. The van der Waals surface area contributed by atoms with Crippen LogP contribution in [0.5, 0.6) is 5.75 Å². The van der Waals surface area contributed by atoms with Crippen LogP contribution in [0, 0.1) is 5.92 Å². The van der Waals surface area contributed by atoms with E-state index in [0.717, 1.165) is 23.4 Å². The van der Waals surface area contributed by atoms with Crippen molar-refractivity contribution in [2.45, 2.75) is 12.8 Å². The highest BCUT2D eigenvalue weighted by Crippen LogP contribution is 2.26. The minimum atomic E-state index is -0.562. The Hall–Kier alpha value is -2.37. The first-order valence-corrected chi connectivity index (χ1v) is 8.37. The van der Waals surface area contributed by atoms with Crippen LogP contribution in [-0.2, 0) is 4.79 Å². The predicted molar refractivity (Wildman–Crippen MR) is 97.9 cm³/mol. The minimum Gasteiger partial charge on any atom is -0.493 e. The first kappa shape index (κ1) is 19.0. The van der Waals surface area contributed by atoms with E-state index in [-0.39, 0.29) is 0 Å². The van der Waals surface area contributed by atoms with Gasteiger partial charge in [-0.1, -0.05) is 49.4 Å². The maximum Gasteiger partial charge on any atom is 0.255 e. The molecule has 0 aromatic heterocycles. The molecule has 0 fully saturated rings. The van der Waals surface area contributed by atoms with Gasteiger partial charge in [-0.05, 0) is 37.4 Å². The van der Waals surface area contributed by atoms with Gasteiger partial charge in [0, 0.05) is 12.5 Å². The van der Waals surface area contributed by atoms with Crippen molar-refractivity contribution in [2.24, 2.45) is 5.92 Å². The maximum atomic E-state index is 12.1. The molecule has 0 bridgehead atoms. The second-order valence-electron chi connectivity index (χ2n) is 6.57. The molecule has 2 aromatic carbocycles. The van der Waals surface area contributed by atoms with E-state index in [1.807, 2.05) is 68.7 Å². The van der Waals surface area contributed by atoms with E-state index >= 15 is 0 Å². The zero-order chi connectivity index (χ0) is 18.2. The molecule has 134 valence electrons. The van der Waals surface area contributed by atoms with E-state index in [1.165, 1.54) is 0 Å². The summed E-state index contributed by atoms with van der Waals surface area (Å²) in [6.07, 6.45) is 0. The normalized spacial score (nSPS) is 13.3. The van der Waals surface area contributed by atoms with Crippen molar-refractivity contribution in [1.82, 2.24) is 10.4 Å². The van der Waals surface area contributed by atoms with Crippen molar-refractivity contribution in [3.05, 3.63) is 65.7 Å². The lowest BCUT2D eigenvalue weighted by molar-refractivity contribution is -0.129. The lowest BCUT2D eigenvalue weighted by Gasteiger charge is -2.18. The number of nitrogens with one attached hydrogen (secondary N) is 1. The molecule has 0 saturated heterocycles. The quantitative estimate of drug-likeness (QED) is 0.572. The zero-order valence-electron chi connectivity index (χ0n) is 15.0. The minimum absolute atomic E-state index is 0.423. The molecule has 2 aromatic rings. The summed E-state index contributed by atoms with van der Waals surface area (Å²) in [6.45, 7) is 3.74. The molecule has 0 radical (unpaired) electrons. The summed E-state index contributed by atoms with van der Waals surface area (Å²) in [4.78, 5) is 14.3. The second kappa shape index (κ2) is 9.20. The highest BCUT2D eigenvalue weighted by Gasteiger charge is 2.22. The number of hydrogen-bond acceptors (Lipinski definition) is 4. The highest BCUT2D eigenvalue weighted by molar-refractivity contribution is 5.86. The van der Waals surface area contributed by atoms with Crippen LogP contribution in [0.3, 0.4) is 0 Å². The van der Waals surface area contributed by atoms with Gasteiger partial charge in [-0.2, -0.15) is 0 Å². The van der Waals surface area contributed by atoms with Crippen LogP contribution in [0.1, 0.15) is 24.0 Å². The Balaban J connectivity index is 2.09. The standard InChI is InChI=1S/C20H26N2O3/c1-15(13-22(2)3)14-25-18-11-9-17(10-12-18)19(20(23)21-24)16-7-5-4-6-8-16/h4-12,15,19,24H,13-14H2,1-3H3,(H,21,23). The number of benzene rings is 2. The zero-order valence-corrected chi connectivity index (χ0v) is 15.0. The number of carbonyl (C=O) groups excluding carboxylic acids is 1. The lowest BCUT2D eigenvalue weighted by Crippen LogP contribution is -2.27. The SMILES string of the molecule is CC(COc1ccc(C(C(=O)NO)c2ccccc2)cc1)CN(C)C. The van der Waals surface area contributed by atoms with Gasteiger partial charge in [-0.15, -0.1) is 0 Å². The van der Waals surface area contributed by atoms with Gasteiger partial charge in [-0.3, -0.25) is 10.0 Å². The number of nitrogens with zero attached hydrogens (tertiary/aromatic N) is 1. The predicted octanol–water partition coefficient (Wildman–Crippen LogP) is 2.90. The van der Waals surface area contributed by atoms with Gasteiger partial charge in [0.25, 0.3) is 5.91 Å². The Morgan fingerprint density at radius 1 is 1.08 bits per heavy atom. The molecule has 2 N–H and O–H groups in total. The molecular formula is C20H26N2O3. The number of ether oxygens (including phenoxy) is 1. The van der Waals surface area contributed by atoms with Crippen LogP contribution in [0.25, 0.3) is 0 Å². The van der Waals surface area contributed by atoms with Gasteiger partial charge in [0.1, 0.15) is 5.75 Å². The number of hydroxylamine groups is 1. The molecule has 0 aliphatic rings. The molecular weight excluding hydrogens is 316 g/mol. The van der Waals surface area contributed by atoms with Gasteiger partial charge >= 0.3 is 0 Å². The van der Waals surface area contributed by atoms with Crippen molar-refractivity contribution in [3.8, 4) is 5.75 Å². The topological polar surface area (TPSA) is 61.8 Å². The van der Waals surface area contributed by atoms with E-state index in [4.69, 9.17) is 9.94 Å². The van der Waals surface area contributed by atoms with Crippen molar-refractivity contribution in [1.29, 1.82) is 0 Å². The fourth-order valence-electron chi connectivity index (χ4n) is 2.88. The van der Waals surface area contributed by atoms with Crippen molar-refractivity contribution >= 4 is 5.91 Å². The third-order valence-corrected chi connectivity index (χ3v) is 3.93. The molecule has 0 spiro atoms. The van der Waals surface area contributed by atoms with Gasteiger partial charge in [0.15, 0.2) is 0 Å². The van der Waals surface area contributed by atoms with Crippen molar-refractivity contribution in [3.63, 3.8) is 0 Å². The summed E-state index contributed by atoms with van der Waals surface area (Å²) in [5, 5.41) is 9.07. The Morgan fingerprint density at radius 3 is 2.24 bits per heavy atom. The van der Waals surface area contributed by atoms with Crippen molar-refractivity contribution in [2.75, 3.05) is 27.2 Å². The molecule has 25 heavy (non-hydrogen) atoms. The largest absolute Gasteiger partial charge is 0.493 e. The molecule has 0 heterocycles. The Labute approximate surface area is 149 Å². The summed E-state index contributed by atoms with van der Waals surface area (Å²) in [7, 11) is 4.09. The van der Waals surface area contributed by atoms with E-state index < -0.39 is 11.8 Å². The first-order chi connectivity index (χ1) is 12.0. The molecule has 2 rings (SSSR count). The average Bonchev–Trinajstić information content (AvgIpc) is 2.61. The Bertz CT molecular complexity index is 656. The summed E-state index contributed by atoms with van der Waals surface area (Å²) < 4.78 is 5.82. The third-order valence-electron chi connectivity index (χ3n) is 3.93. The molecule has 2 unspecified atom stereocenters. The molecule has 1 amide bonds. The third kappa shape index (κ3) is 5.59. The average molecular weight is 342 g/mol. The monoisotopic (exact) mass is 342 g/mol. The Morgan fingerprint density at radius 2 is 1.68 bits per heavy atom. The van der Waals surface area contributed by atoms with E-state index in [2.05, 4.69) is 11.8 Å². The second-order valence-corrected chi connectivity index (χ2v) is 6.57. The van der Waals surface area contributed by atoms with E-state index in [0.29, 0.717) is 12.5 Å². The lowest BCUT2D eigenvalue weighted by atomic mass is 9.91. The highest BCUT2D eigenvalue weighted by atomic mass is 16.5. The van der Waals surface area contributed by atoms with E-state index in [1.54, 1.807) is 5.48 Å². The smallest absolute Gasteiger partial charge is 0.255 e. The van der Waals surface area contributed by atoms with Crippen LogP contribution in [0.4, 0.5) is 0 Å². The molecule has 5 nitrogen and oxygen atoms in total. The summed E-state index contributed by atoms with van der Waals surface area (Å²) in [5.74, 6) is 0.171. The van der Waals surface area contributed by atoms with Crippen LogP contribution < -0.4 is 10.2 Å². The van der Waals surface area contributed by atoms with Crippen LogP contribution >= 0.6 is 0 Å². The maximum absolute atomic E-state index is 12.1. The number of hydrogen-bond donors (Lipinski definition) is 2. The number of carbonyl (C=O) groups is 1. The molecule has 0 aliphatic carbocycles. The molecule has 0 saturated carbocycles. The van der Waals surface area contributed by atoms with Crippen LogP contribution in [0.15, 0.2) is 54.6 Å². The van der Waals surface area contributed by atoms with Gasteiger partial charge in [0.05, 0.1) is 12.5 Å².